The summed E-state index contributed by atoms with van der Waals surface area (Å²) in [6, 6.07) is 47.3. The summed E-state index contributed by atoms with van der Waals surface area (Å²) in [5, 5.41) is 16.9. The summed E-state index contributed by atoms with van der Waals surface area (Å²) >= 11 is 0. The maximum atomic E-state index is 5.54. The Bertz CT molecular complexity index is 3770. The van der Waals surface area contributed by atoms with Gasteiger partial charge in [0.25, 0.3) is 0 Å². The zero-order valence-corrected chi connectivity index (χ0v) is 37.9. The van der Waals surface area contributed by atoms with Crippen molar-refractivity contribution in [2.75, 3.05) is 0 Å². The number of aromatic nitrogens is 2. The van der Waals surface area contributed by atoms with Gasteiger partial charge in [-0.2, -0.15) is 0 Å². The minimum Gasteiger partial charge on any atom is -0.350 e. The molecule has 8 aromatic rings. The van der Waals surface area contributed by atoms with Gasteiger partial charge in [-0.25, -0.2) is 4.99 Å². The number of benzene rings is 6. The molecule has 2 N–H and O–H groups in total. The van der Waals surface area contributed by atoms with Crippen LogP contribution in [0, 0.1) is 5.92 Å². The minimum atomic E-state index is -0.303. The molecule has 5 heteroatoms. The van der Waals surface area contributed by atoms with Gasteiger partial charge in [0.05, 0.1) is 16.9 Å². The number of aryl methyl sites for hydroxylation is 1. The van der Waals surface area contributed by atoms with Gasteiger partial charge in [0, 0.05) is 62.4 Å². The Morgan fingerprint density at radius 1 is 0.647 bits per heavy atom. The number of aliphatic imine (C=N–C) groups is 1. The molecule has 2 aromatic heterocycles. The van der Waals surface area contributed by atoms with E-state index in [-0.39, 0.29) is 18.4 Å². The van der Waals surface area contributed by atoms with Gasteiger partial charge in [0.1, 0.15) is 18.2 Å². The monoisotopic (exact) mass is 877 g/mol. The highest BCUT2D eigenvalue weighted by Gasteiger charge is 2.31. The number of fused-ring (bicyclic) bond motifs is 10. The highest BCUT2D eigenvalue weighted by atomic mass is 15.3. The zero-order chi connectivity index (χ0) is 44.7. The highest BCUT2D eigenvalue weighted by molar-refractivity contribution is 6.08. The van der Waals surface area contributed by atoms with Crippen LogP contribution in [0.1, 0.15) is 88.3 Å². The fourth-order valence-corrected chi connectivity index (χ4v) is 12.1. The smallest absolute Gasteiger partial charge is 0.131 e. The maximum absolute atomic E-state index is 5.54. The van der Waals surface area contributed by atoms with Crippen molar-refractivity contribution in [3.63, 3.8) is 0 Å². The molecule has 5 nitrogen and oxygen atoms in total. The van der Waals surface area contributed by atoms with Crippen molar-refractivity contribution in [2.45, 2.75) is 56.4 Å². The van der Waals surface area contributed by atoms with E-state index >= 15 is 0 Å². The van der Waals surface area contributed by atoms with Crippen LogP contribution in [0.15, 0.2) is 193 Å². The summed E-state index contributed by atoms with van der Waals surface area (Å²) in [6.07, 6.45) is 35.0. The van der Waals surface area contributed by atoms with Crippen molar-refractivity contribution in [3.8, 4) is 5.69 Å². The number of nitrogens with one attached hydrogen (secondary N) is 2. The molecular weight excluding hydrogens is 827 g/mol. The van der Waals surface area contributed by atoms with Gasteiger partial charge < -0.3 is 14.5 Å². The first-order valence-electron chi connectivity index (χ1n) is 24.5. The number of allylic oxidation sites excluding steroid dienone is 10. The van der Waals surface area contributed by atoms with E-state index in [9.17, 15) is 0 Å². The predicted octanol–water partition coefficient (Wildman–Crippen LogP) is 12.5. The van der Waals surface area contributed by atoms with Gasteiger partial charge in [0.15, 0.2) is 0 Å². The third-order valence-electron chi connectivity index (χ3n) is 15.4. The van der Waals surface area contributed by atoms with E-state index in [4.69, 9.17) is 4.99 Å². The maximum Gasteiger partial charge on any atom is 0.131 e. The van der Waals surface area contributed by atoms with E-state index in [0.29, 0.717) is 11.8 Å². The molecule has 0 amide bonds. The topological polar surface area (TPSA) is 46.3 Å². The van der Waals surface area contributed by atoms with Crippen LogP contribution in [0.3, 0.4) is 0 Å². The third kappa shape index (κ3) is 6.52. The van der Waals surface area contributed by atoms with E-state index in [2.05, 4.69) is 226 Å². The van der Waals surface area contributed by atoms with E-state index in [1.54, 1.807) is 0 Å². The molecule has 6 aliphatic rings. The fourth-order valence-electron chi connectivity index (χ4n) is 12.1. The molecule has 1 aliphatic heterocycles. The lowest BCUT2D eigenvalue weighted by Crippen LogP contribution is -2.45. The van der Waals surface area contributed by atoms with Crippen LogP contribution < -0.4 is 21.2 Å². The van der Waals surface area contributed by atoms with Gasteiger partial charge in [-0.3, -0.25) is 5.32 Å². The summed E-state index contributed by atoms with van der Waals surface area (Å²) in [4.78, 5) is 5.54. The molecule has 0 bridgehead atoms. The van der Waals surface area contributed by atoms with Crippen LogP contribution in [-0.2, 0) is 12.8 Å². The Hall–Kier alpha value is -7.73. The Kier molecular flexibility index (Phi) is 9.26. The number of rotatable bonds is 6. The molecule has 0 radical (unpaired) electrons. The SMILES string of the molecule is C1=CCC2C=c3c4c(n(-c5cccc(C6N=C(c7cccc(C8C=CC=CC8)c7)NC(c7ccc8ccccc8c7)N6)c5)c3=CC2=C1)CC(n1c2c(c3ccc5ccccc5c31)CCC=C2)C=C4. The highest BCUT2D eigenvalue weighted by Crippen LogP contribution is 2.41. The predicted molar refractivity (Wildman–Crippen MR) is 282 cm³/mol. The molecule has 68 heavy (non-hydrogen) atoms. The van der Waals surface area contributed by atoms with Gasteiger partial charge in [-0.1, -0.05) is 170 Å². The minimum absolute atomic E-state index is 0.139. The van der Waals surface area contributed by atoms with E-state index in [0.717, 1.165) is 54.8 Å². The normalized spacial score (nSPS) is 22.1. The van der Waals surface area contributed by atoms with Crippen molar-refractivity contribution < 1.29 is 0 Å². The molecule has 3 heterocycles. The molecule has 14 rings (SSSR count). The second-order valence-electron chi connectivity index (χ2n) is 19.3. The lowest BCUT2D eigenvalue weighted by atomic mass is 9.87. The van der Waals surface area contributed by atoms with Crippen molar-refractivity contribution in [3.05, 3.63) is 243 Å². The molecule has 5 unspecified atom stereocenters. The lowest BCUT2D eigenvalue weighted by Gasteiger charge is -2.33. The third-order valence-corrected chi connectivity index (χ3v) is 15.4. The molecule has 0 spiro atoms. The second-order valence-corrected chi connectivity index (χ2v) is 19.3. The van der Waals surface area contributed by atoms with Crippen molar-refractivity contribution >= 4 is 62.6 Å². The first-order valence-corrected chi connectivity index (χ1v) is 24.5. The Morgan fingerprint density at radius 2 is 1.50 bits per heavy atom. The molecule has 6 aromatic carbocycles. The van der Waals surface area contributed by atoms with E-state index < -0.39 is 0 Å². The van der Waals surface area contributed by atoms with Crippen LogP contribution >= 0.6 is 0 Å². The van der Waals surface area contributed by atoms with Gasteiger partial charge >= 0.3 is 0 Å². The second kappa shape index (κ2) is 16.0. The number of hydrogen-bond donors (Lipinski definition) is 2. The summed E-state index contributed by atoms with van der Waals surface area (Å²) in [5.74, 6) is 1.62. The summed E-state index contributed by atoms with van der Waals surface area (Å²) < 4.78 is 5.26. The van der Waals surface area contributed by atoms with E-state index in [1.807, 2.05) is 0 Å². The quantitative estimate of drug-likeness (QED) is 0.175. The van der Waals surface area contributed by atoms with E-state index in [1.165, 1.54) is 82.2 Å². The first-order chi connectivity index (χ1) is 33.7. The Balaban J connectivity index is 0.913. The summed E-state index contributed by atoms with van der Waals surface area (Å²) in [7, 11) is 0. The van der Waals surface area contributed by atoms with Gasteiger partial charge in [0.2, 0.25) is 0 Å². The molecule has 5 atom stereocenters. The van der Waals surface area contributed by atoms with Crippen LogP contribution in [0.25, 0.3) is 62.4 Å². The molecule has 328 valence electrons. The number of hydrogen-bond acceptors (Lipinski definition) is 3. The average Bonchev–Trinajstić information content (AvgIpc) is 3.92. The van der Waals surface area contributed by atoms with Crippen LogP contribution in [0.4, 0.5) is 0 Å². The first kappa shape index (κ1) is 39.4. The molecular formula is C63H51N5. The molecule has 0 saturated heterocycles. The zero-order valence-electron chi connectivity index (χ0n) is 37.9. The van der Waals surface area contributed by atoms with Crippen LogP contribution in [0.2, 0.25) is 0 Å². The Labute approximate surface area is 396 Å². The standard InChI is InChI=1S/C63H51N5/c1-2-14-40(15-3-1)44-21-12-22-47(34-44)61-64-62(66-63(65-61)49-29-28-41-16-4-5-18-43(41)35-49)48-23-13-24-50(36-48)67-58-38-46-20-7-6-19-45(46)37-56(58)54-33-31-51(39-59(54)67)68-57-27-11-10-26-53(57)55-32-30-42-17-8-9-25-52(42)60(55)68/h1-9,11-14,16-18,20-25,27-38,40,45,51,62-63,66H,10,15,19,26,39H2,(H,64,65). The molecule has 0 saturated carbocycles. The number of nitrogens with zero attached hydrogens (tertiary/aromatic N) is 3. The van der Waals surface area contributed by atoms with Crippen LogP contribution in [-0.4, -0.2) is 15.0 Å². The van der Waals surface area contributed by atoms with Gasteiger partial charge in [-0.15, -0.1) is 0 Å². The fraction of sp³-hybridized carbons (Fsp3) is 0.159. The van der Waals surface area contributed by atoms with Crippen molar-refractivity contribution in [1.29, 1.82) is 0 Å². The van der Waals surface area contributed by atoms with Crippen molar-refractivity contribution in [1.82, 2.24) is 19.8 Å². The summed E-state index contributed by atoms with van der Waals surface area (Å²) in [6.45, 7) is 0. The number of amidine groups is 1. The van der Waals surface area contributed by atoms with Crippen molar-refractivity contribution in [2.24, 2.45) is 10.9 Å². The largest absolute Gasteiger partial charge is 0.350 e. The Morgan fingerprint density at radius 3 is 2.44 bits per heavy atom. The van der Waals surface area contributed by atoms with Crippen LogP contribution in [0.5, 0.6) is 0 Å². The summed E-state index contributed by atoms with van der Waals surface area (Å²) in [5.41, 5.74) is 14.1. The molecule has 0 fully saturated rings. The molecule has 5 aliphatic carbocycles. The average molecular weight is 878 g/mol. The van der Waals surface area contributed by atoms with Gasteiger partial charge in [-0.05, 0) is 106 Å². The lowest BCUT2D eigenvalue weighted by molar-refractivity contribution is 0.409.